The first-order valence-corrected chi connectivity index (χ1v) is 16.9. The summed E-state index contributed by atoms with van der Waals surface area (Å²) in [6.45, 7) is 15.0. The number of amides is 3. The van der Waals surface area contributed by atoms with Crippen molar-refractivity contribution < 1.29 is 38.4 Å². The molecule has 270 valence electrons. The van der Waals surface area contributed by atoms with Gasteiger partial charge in [-0.3, -0.25) is 9.59 Å². The number of hydrogen-bond acceptors (Lipinski definition) is 8. The molecule has 0 unspecified atom stereocenters. The maximum atomic E-state index is 13.2. The van der Waals surface area contributed by atoms with Crippen molar-refractivity contribution in [1.82, 2.24) is 15.5 Å². The fourth-order valence-corrected chi connectivity index (χ4v) is 5.25. The van der Waals surface area contributed by atoms with Crippen LogP contribution < -0.4 is 20.1 Å². The zero-order chi connectivity index (χ0) is 35.7. The van der Waals surface area contributed by atoms with E-state index >= 15 is 0 Å². The van der Waals surface area contributed by atoms with E-state index in [1.165, 1.54) is 4.90 Å². The summed E-state index contributed by atoms with van der Waals surface area (Å²) in [7, 11) is 6.68. The monoisotopic (exact) mass is 665 g/mol. The number of alkyl carbamates (subject to hydrolysis) is 1. The second-order valence-corrected chi connectivity index (χ2v) is 14.2. The van der Waals surface area contributed by atoms with E-state index in [0.717, 1.165) is 12.0 Å². The number of benzene rings is 1. The molecule has 0 aliphatic carbocycles. The quantitative estimate of drug-likeness (QED) is 0.152. The van der Waals surface area contributed by atoms with Gasteiger partial charge in [-0.05, 0) is 81.9 Å². The summed E-state index contributed by atoms with van der Waals surface area (Å²) in [5.74, 6) is 0.869. The topological polar surface area (TPSA) is 136 Å². The van der Waals surface area contributed by atoms with Crippen LogP contribution in [-0.2, 0) is 25.5 Å². The van der Waals surface area contributed by atoms with Crippen LogP contribution >= 0.6 is 0 Å². The van der Waals surface area contributed by atoms with E-state index in [9.17, 15) is 19.5 Å². The zero-order valence-corrected chi connectivity index (χ0v) is 30.8. The molecular formula is C36H63N3O8. The lowest BCUT2D eigenvalue weighted by Gasteiger charge is -2.33. The molecule has 0 bridgehead atoms. The van der Waals surface area contributed by atoms with E-state index < -0.39 is 29.8 Å². The molecule has 0 radical (unpaired) electrons. The Bertz CT molecular complexity index is 1090. The van der Waals surface area contributed by atoms with Gasteiger partial charge in [0.1, 0.15) is 5.60 Å². The average Bonchev–Trinajstić information content (AvgIpc) is 2.97. The number of carbonyl (C=O) groups is 3. The predicted molar refractivity (Wildman–Crippen MR) is 185 cm³/mol. The van der Waals surface area contributed by atoms with Crippen LogP contribution in [0.15, 0.2) is 18.2 Å². The molecule has 3 N–H and O–H groups in total. The predicted octanol–water partition coefficient (Wildman–Crippen LogP) is 5.22. The Morgan fingerprint density at radius 2 is 1.62 bits per heavy atom. The summed E-state index contributed by atoms with van der Waals surface area (Å²) in [5, 5.41) is 17.5. The standard InChI is InChI=1S/C36H63N3O8/c1-24(2)27(20-26-15-16-31(45-11)32(21-26)46-19-13-18-44-10)22-29(38-35(43)47-36(5,6)7)30(40)23-28(25(3)4)34(42)37-17-12-14-33(41)39(8)9/h15-16,21,24-25,27-30,40H,12-14,17-20,22-23H2,1-11H3,(H,37,42)(H,38,43)/t27-,28-,29-,30-/m0/s1. The van der Waals surface area contributed by atoms with Crippen LogP contribution in [0.25, 0.3) is 0 Å². The van der Waals surface area contributed by atoms with Gasteiger partial charge in [0, 0.05) is 53.1 Å². The molecular weight excluding hydrogens is 602 g/mol. The van der Waals surface area contributed by atoms with E-state index in [4.69, 9.17) is 18.9 Å². The summed E-state index contributed by atoms with van der Waals surface area (Å²) in [5.41, 5.74) is 0.331. The molecule has 3 amide bonds. The summed E-state index contributed by atoms with van der Waals surface area (Å²) in [4.78, 5) is 39.7. The minimum atomic E-state index is -1.01. The molecule has 4 atom stereocenters. The van der Waals surface area contributed by atoms with Gasteiger partial charge in [0.15, 0.2) is 11.5 Å². The van der Waals surface area contributed by atoms with Gasteiger partial charge in [-0.25, -0.2) is 4.79 Å². The summed E-state index contributed by atoms with van der Waals surface area (Å²) in [6.07, 6.45) is 1.30. The molecule has 0 heterocycles. The number of ether oxygens (including phenoxy) is 4. The molecule has 1 aromatic rings. The van der Waals surface area contributed by atoms with E-state index in [0.29, 0.717) is 56.9 Å². The molecule has 0 spiro atoms. The fourth-order valence-electron chi connectivity index (χ4n) is 5.25. The molecule has 0 saturated carbocycles. The van der Waals surface area contributed by atoms with E-state index in [2.05, 4.69) is 24.5 Å². The Labute approximate surface area is 283 Å². The van der Waals surface area contributed by atoms with Crippen LogP contribution in [-0.4, -0.2) is 93.7 Å². The molecule has 47 heavy (non-hydrogen) atoms. The zero-order valence-electron chi connectivity index (χ0n) is 30.8. The van der Waals surface area contributed by atoms with Crippen LogP contribution in [0.2, 0.25) is 0 Å². The molecule has 0 aliphatic rings. The van der Waals surface area contributed by atoms with E-state index in [-0.39, 0.29) is 36.0 Å². The third-order valence-electron chi connectivity index (χ3n) is 8.14. The number of nitrogens with one attached hydrogen (secondary N) is 2. The highest BCUT2D eigenvalue weighted by atomic mass is 16.6. The highest BCUT2D eigenvalue weighted by molar-refractivity contribution is 5.79. The van der Waals surface area contributed by atoms with Crippen LogP contribution in [0, 0.1) is 23.7 Å². The SMILES string of the molecule is COCCCOc1cc(C[C@@H](C[C@H](NC(=O)OC(C)(C)C)[C@@H](O)C[C@H](C(=O)NCCCC(=O)N(C)C)C(C)C)C(C)C)ccc1OC. The van der Waals surface area contributed by atoms with Gasteiger partial charge >= 0.3 is 6.09 Å². The Morgan fingerprint density at radius 3 is 2.17 bits per heavy atom. The number of aliphatic hydroxyl groups excluding tert-OH is 1. The second kappa shape index (κ2) is 21.0. The Kier molecular flexibility index (Phi) is 18.8. The maximum absolute atomic E-state index is 13.2. The van der Waals surface area contributed by atoms with Gasteiger partial charge < -0.3 is 39.6 Å². The summed E-state index contributed by atoms with van der Waals surface area (Å²) in [6, 6.07) is 5.23. The summed E-state index contributed by atoms with van der Waals surface area (Å²) < 4.78 is 22.2. The van der Waals surface area contributed by atoms with Crippen molar-refractivity contribution >= 4 is 17.9 Å². The van der Waals surface area contributed by atoms with Crippen molar-refractivity contribution in [3.8, 4) is 11.5 Å². The number of rotatable bonds is 21. The number of carbonyl (C=O) groups excluding carboxylic acids is 3. The second-order valence-electron chi connectivity index (χ2n) is 14.2. The lowest BCUT2D eigenvalue weighted by atomic mass is 9.80. The largest absolute Gasteiger partial charge is 0.493 e. The van der Waals surface area contributed by atoms with E-state index in [1.807, 2.05) is 32.0 Å². The molecule has 11 heteroatoms. The highest BCUT2D eigenvalue weighted by Gasteiger charge is 2.33. The van der Waals surface area contributed by atoms with Gasteiger partial charge in [0.05, 0.1) is 25.9 Å². The number of methoxy groups -OCH3 is 2. The third kappa shape index (κ3) is 16.6. The Morgan fingerprint density at radius 1 is 0.936 bits per heavy atom. The first-order valence-electron chi connectivity index (χ1n) is 16.9. The minimum Gasteiger partial charge on any atom is -0.493 e. The first-order chi connectivity index (χ1) is 22.0. The molecule has 0 aromatic heterocycles. The lowest BCUT2D eigenvalue weighted by molar-refractivity contribution is -0.130. The van der Waals surface area contributed by atoms with Crippen LogP contribution in [0.4, 0.5) is 4.79 Å². The van der Waals surface area contributed by atoms with Gasteiger partial charge in [-0.1, -0.05) is 33.8 Å². The van der Waals surface area contributed by atoms with Crippen molar-refractivity contribution in [2.75, 3.05) is 48.1 Å². The molecule has 1 rings (SSSR count). The van der Waals surface area contributed by atoms with Gasteiger partial charge in [0.25, 0.3) is 0 Å². The van der Waals surface area contributed by atoms with Crippen molar-refractivity contribution in [1.29, 1.82) is 0 Å². The average molecular weight is 666 g/mol. The Hall–Kier alpha value is -3.05. The van der Waals surface area contributed by atoms with Crippen molar-refractivity contribution in [3.05, 3.63) is 23.8 Å². The summed E-state index contributed by atoms with van der Waals surface area (Å²) >= 11 is 0. The number of aliphatic hydroxyl groups is 1. The molecule has 0 aliphatic heterocycles. The normalized spacial score (nSPS) is 14.3. The molecule has 0 saturated heterocycles. The van der Waals surface area contributed by atoms with Crippen LogP contribution in [0.5, 0.6) is 11.5 Å². The number of hydrogen-bond donors (Lipinski definition) is 3. The smallest absolute Gasteiger partial charge is 0.407 e. The van der Waals surface area contributed by atoms with Gasteiger partial charge in [-0.15, -0.1) is 0 Å². The van der Waals surface area contributed by atoms with Gasteiger partial charge in [0.2, 0.25) is 11.8 Å². The number of nitrogens with zero attached hydrogens (tertiary/aromatic N) is 1. The maximum Gasteiger partial charge on any atom is 0.407 e. The van der Waals surface area contributed by atoms with Crippen molar-refractivity contribution in [2.45, 2.75) is 105 Å². The molecule has 11 nitrogen and oxygen atoms in total. The minimum absolute atomic E-state index is 0.00584. The fraction of sp³-hybridized carbons (Fsp3) is 0.750. The van der Waals surface area contributed by atoms with E-state index in [1.54, 1.807) is 49.1 Å². The first kappa shape index (κ1) is 42.0. The van der Waals surface area contributed by atoms with Crippen LogP contribution in [0.3, 0.4) is 0 Å². The van der Waals surface area contributed by atoms with Crippen molar-refractivity contribution in [3.63, 3.8) is 0 Å². The molecule has 1 aromatic carbocycles. The Balaban J connectivity index is 3.17. The molecule has 0 fully saturated rings. The third-order valence-corrected chi connectivity index (χ3v) is 8.14. The highest BCUT2D eigenvalue weighted by Crippen LogP contribution is 2.32. The van der Waals surface area contributed by atoms with Crippen LogP contribution in [0.1, 0.15) is 86.1 Å². The van der Waals surface area contributed by atoms with Gasteiger partial charge in [-0.2, -0.15) is 0 Å². The van der Waals surface area contributed by atoms with Crippen molar-refractivity contribution in [2.24, 2.45) is 23.7 Å². The lowest BCUT2D eigenvalue weighted by Crippen LogP contribution is -2.48.